The van der Waals surface area contributed by atoms with Crippen molar-refractivity contribution in [3.63, 3.8) is 0 Å². The molecule has 0 aromatic heterocycles. The van der Waals surface area contributed by atoms with Gasteiger partial charge < -0.3 is 0 Å². The van der Waals surface area contributed by atoms with Crippen molar-refractivity contribution in [2.24, 2.45) is 0 Å². The monoisotopic (exact) mass is 197 g/mol. The van der Waals surface area contributed by atoms with E-state index in [1.807, 2.05) is 0 Å². The quantitative estimate of drug-likeness (QED) is 0.512. The van der Waals surface area contributed by atoms with Crippen LogP contribution in [-0.4, -0.2) is 6.03 Å². The Hall–Kier alpha value is -1.01. The summed E-state index contributed by atoms with van der Waals surface area (Å²) < 4.78 is 8.96. The van der Waals surface area contributed by atoms with Crippen LogP contribution in [0.1, 0.15) is 16.7 Å². The Bertz CT molecular complexity index is 269. The second-order valence-corrected chi connectivity index (χ2v) is 3.22. The molecule has 0 spiro atoms. The zero-order valence-electron chi connectivity index (χ0n) is 8.13. The lowest BCUT2D eigenvalue weighted by Gasteiger charge is -2.00. The molecule has 0 aliphatic rings. The van der Waals surface area contributed by atoms with Crippen LogP contribution in [0.2, 0.25) is 0 Å². The predicted molar refractivity (Wildman–Crippen MR) is 56.4 cm³/mol. The Kier molecular flexibility index (Phi) is 5.99. The van der Waals surface area contributed by atoms with Gasteiger partial charge in [-0.2, -0.15) is 0 Å². The summed E-state index contributed by atoms with van der Waals surface area (Å²) in [7, 11) is -0.790. The fourth-order valence-electron chi connectivity index (χ4n) is 0.898. The molecule has 13 heavy (non-hydrogen) atoms. The van der Waals surface area contributed by atoms with E-state index >= 15 is 0 Å². The molecule has 0 aliphatic heterocycles. The van der Waals surface area contributed by atoms with Gasteiger partial charge in [-0.15, -0.1) is 0 Å². The summed E-state index contributed by atoms with van der Waals surface area (Å²) in [5, 5.41) is 0. The van der Waals surface area contributed by atoms with E-state index in [1.54, 1.807) is 0 Å². The number of rotatable bonds is 1. The van der Waals surface area contributed by atoms with Gasteiger partial charge in [-0.05, 0) is 37.5 Å². The van der Waals surface area contributed by atoms with Crippen LogP contribution in [0.4, 0.5) is 0 Å². The fraction of sp³-hybridized carbons (Fsp3) is 0.300. The number of hydrogen-bond acceptors (Lipinski definition) is 2. The summed E-state index contributed by atoms with van der Waals surface area (Å²) in [6, 6.07) is 6.72. The first-order valence-electron chi connectivity index (χ1n) is 3.97. The predicted octanol–water partition coefficient (Wildman–Crippen LogP) is 2.81. The fourth-order valence-corrected chi connectivity index (χ4v) is 0.898. The van der Waals surface area contributed by atoms with Crippen LogP contribution in [0.3, 0.4) is 0 Å². The highest BCUT2D eigenvalue weighted by molar-refractivity contribution is 7.42. The molecular weight excluding hydrogens is 183 g/mol. The largest absolute Gasteiger partial charge is 0.397 e. The standard InChI is InChI=1S/C9H12.CHO2P/c1-7-5-4-6-8(2)9(7)3;2-1-4-3/h4-6H,1-3H3;1H/p+1. The van der Waals surface area contributed by atoms with Crippen LogP contribution in [0.5, 0.6) is 0 Å². The van der Waals surface area contributed by atoms with Gasteiger partial charge in [-0.1, -0.05) is 22.8 Å². The third-order valence-electron chi connectivity index (χ3n) is 1.92. The SMILES string of the molecule is Cc1cccc(C)c1C.O=C[PH+]=O. The van der Waals surface area contributed by atoms with Gasteiger partial charge in [-0.25, -0.2) is 4.79 Å². The number of carbonyl (C=O) groups is 1. The third kappa shape index (κ3) is 4.54. The summed E-state index contributed by atoms with van der Waals surface area (Å²) in [5.74, 6) is 0. The van der Waals surface area contributed by atoms with Gasteiger partial charge in [0.25, 0.3) is 0 Å². The van der Waals surface area contributed by atoms with E-state index in [2.05, 4.69) is 39.0 Å². The zero-order chi connectivity index (χ0) is 10.3. The maximum atomic E-state index is 8.96. The molecule has 1 aromatic carbocycles. The van der Waals surface area contributed by atoms with Crippen molar-refractivity contribution < 1.29 is 9.36 Å². The molecule has 0 aliphatic carbocycles. The molecule has 0 amide bonds. The number of hydrogen-bond donors (Lipinski definition) is 0. The van der Waals surface area contributed by atoms with Crippen molar-refractivity contribution in [1.29, 1.82) is 0 Å². The van der Waals surface area contributed by atoms with Crippen molar-refractivity contribution in [3.05, 3.63) is 34.9 Å². The average molecular weight is 197 g/mol. The van der Waals surface area contributed by atoms with Crippen LogP contribution in [0, 0.1) is 20.8 Å². The molecule has 1 rings (SSSR count). The Labute approximate surface area is 80.2 Å². The lowest BCUT2D eigenvalue weighted by molar-refractivity contribution is 0.562. The topological polar surface area (TPSA) is 34.1 Å². The minimum atomic E-state index is -0.790. The molecule has 1 aromatic rings. The number of carbonyl (C=O) groups excluding carboxylic acids is 1. The van der Waals surface area contributed by atoms with Gasteiger partial charge >= 0.3 is 14.5 Å². The Morgan fingerprint density at radius 3 is 1.77 bits per heavy atom. The van der Waals surface area contributed by atoms with Crippen molar-refractivity contribution in [2.75, 3.05) is 0 Å². The van der Waals surface area contributed by atoms with E-state index in [1.165, 1.54) is 16.7 Å². The Balaban J connectivity index is 0.000000310. The van der Waals surface area contributed by atoms with E-state index in [4.69, 9.17) is 9.36 Å². The second-order valence-electron chi connectivity index (χ2n) is 2.75. The summed E-state index contributed by atoms with van der Waals surface area (Å²) in [6.45, 7) is 6.44. The normalized spacial score (nSPS) is 8.85. The first-order chi connectivity index (χ1) is 6.13. The van der Waals surface area contributed by atoms with E-state index < -0.39 is 8.46 Å². The Morgan fingerprint density at radius 2 is 1.54 bits per heavy atom. The lowest BCUT2D eigenvalue weighted by Crippen LogP contribution is -1.82. The summed E-state index contributed by atoms with van der Waals surface area (Å²) in [4.78, 5) is 8.87. The molecule has 1 atom stereocenters. The van der Waals surface area contributed by atoms with Crippen molar-refractivity contribution in [2.45, 2.75) is 20.8 Å². The molecular formula is C10H14O2P+. The van der Waals surface area contributed by atoms with E-state index in [-0.39, 0.29) is 0 Å². The van der Waals surface area contributed by atoms with Crippen LogP contribution < -0.4 is 0 Å². The second kappa shape index (κ2) is 6.50. The zero-order valence-corrected chi connectivity index (χ0v) is 9.13. The molecule has 2 nitrogen and oxygen atoms in total. The van der Waals surface area contributed by atoms with Gasteiger partial charge in [0.2, 0.25) is 0 Å². The highest BCUT2D eigenvalue weighted by atomic mass is 31.1. The van der Waals surface area contributed by atoms with Crippen molar-refractivity contribution >= 4 is 14.5 Å². The van der Waals surface area contributed by atoms with Gasteiger partial charge in [0, 0.05) is 0 Å². The highest BCUT2D eigenvalue weighted by Gasteiger charge is 1.91. The van der Waals surface area contributed by atoms with Crippen LogP contribution in [-0.2, 0) is 9.36 Å². The molecule has 3 heteroatoms. The Morgan fingerprint density at radius 1 is 1.15 bits per heavy atom. The molecule has 0 bridgehead atoms. The van der Waals surface area contributed by atoms with Gasteiger partial charge in [0.05, 0.1) is 0 Å². The first-order valence-corrected chi connectivity index (χ1v) is 4.96. The molecule has 0 fully saturated rings. The number of aryl methyl sites for hydroxylation is 2. The van der Waals surface area contributed by atoms with Crippen molar-refractivity contribution in [3.8, 4) is 0 Å². The molecule has 0 saturated heterocycles. The lowest BCUT2D eigenvalue weighted by atomic mass is 10.1. The third-order valence-corrected chi connectivity index (χ3v) is 2.02. The highest BCUT2D eigenvalue weighted by Crippen LogP contribution is 2.09. The van der Waals surface area contributed by atoms with E-state index in [0.717, 1.165) is 0 Å². The molecule has 70 valence electrons. The molecule has 0 N–H and O–H groups in total. The van der Waals surface area contributed by atoms with E-state index in [0.29, 0.717) is 6.03 Å². The first kappa shape index (κ1) is 12.0. The minimum absolute atomic E-state index is 0.347. The van der Waals surface area contributed by atoms with Gasteiger partial charge in [0.15, 0.2) is 0 Å². The van der Waals surface area contributed by atoms with Crippen LogP contribution in [0.25, 0.3) is 0 Å². The summed E-state index contributed by atoms with van der Waals surface area (Å²) >= 11 is 0. The van der Waals surface area contributed by atoms with E-state index in [9.17, 15) is 0 Å². The van der Waals surface area contributed by atoms with Gasteiger partial charge in [0.1, 0.15) is 0 Å². The smallest absolute Gasteiger partial charge is 0.244 e. The van der Waals surface area contributed by atoms with Crippen LogP contribution >= 0.6 is 8.46 Å². The maximum absolute atomic E-state index is 8.96. The number of benzene rings is 1. The maximum Gasteiger partial charge on any atom is 0.397 e. The average Bonchev–Trinajstić information content (AvgIpc) is 2.14. The molecule has 1 unspecified atom stereocenters. The van der Waals surface area contributed by atoms with Gasteiger partial charge in [-0.3, -0.25) is 0 Å². The van der Waals surface area contributed by atoms with Crippen molar-refractivity contribution in [1.82, 2.24) is 0 Å². The summed E-state index contributed by atoms with van der Waals surface area (Å²) in [5.41, 5.74) is 4.18. The molecule has 0 saturated carbocycles. The molecule has 0 radical (unpaired) electrons. The van der Waals surface area contributed by atoms with Crippen LogP contribution in [0.15, 0.2) is 18.2 Å². The molecule has 0 heterocycles. The summed E-state index contributed by atoms with van der Waals surface area (Å²) in [6.07, 6.45) is 0. The minimum Gasteiger partial charge on any atom is -0.244 e.